The van der Waals surface area contributed by atoms with Gasteiger partial charge < -0.3 is 20.8 Å². The molecule has 0 bridgehead atoms. The van der Waals surface area contributed by atoms with E-state index < -0.39 is 18.1 Å². The molecular weight excluding hydrogens is 274 g/mol. The number of nitrogens with zero attached hydrogens (tertiary/aromatic N) is 1. The first-order valence-corrected chi connectivity index (χ1v) is 7.02. The summed E-state index contributed by atoms with van der Waals surface area (Å²) in [6, 6.07) is 2.18. The van der Waals surface area contributed by atoms with Gasteiger partial charge in [0, 0.05) is 6.20 Å². The summed E-state index contributed by atoms with van der Waals surface area (Å²) >= 11 is 0. The van der Waals surface area contributed by atoms with Gasteiger partial charge in [0.25, 0.3) is 0 Å². The van der Waals surface area contributed by atoms with Crippen LogP contribution >= 0.6 is 0 Å². The lowest BCUT2D eigenvalue weighted by Gasteiger charge is -2.22. The Balaban J connectivity index is 2.00. The molecular formula is C14H19N3O4. The van der Waals surface area contributed by atoms with Crippen molar-refractivity contribution < 1.29 is 19.8 Å². The predicted octanol–water partition coefficient (Wildman–Crippen LogP) is 1.59. The number of carbonyl (C=O) groups is 2. The van der Waals surface area contributed by atoms with Crippen molar-refractivity contribution in [1.29, 1.82) is 0 Å². The quantitative estimate of drug-likeness (QED) is 0.632. The third-order valence-corrected chi connectivity index (χ3v) is 3.55. The van der Waals surface area contributed by atoms with Gasteiger partial charge in [-0.1, -0.05) is 19.3 Å². The van der Waals surface area contributed by atoms with Gasteiger partial charge in [-0.15, -0.1) is 0 Å². The van der Waals surface area contributed by atoms with Gasteiger partial charge in [-0.3, -0.25) is 0 Å². The van der Waals surface area contributed by atoms with Gasteiger partial charge in [0.05, 0.1) is 17.8 Å². The number of carbonyl (C=O) groups excluding carboxylic acids is 1. The molecule has 1 aliphatic carbocycles. The van der Waals surface area contributed by atoms with Crippen molar-refractivity contribution in [3.8, 4) is 0 Å². The molecule has 0 spiro atoms. The molecule has 0 saturated heterocycles. The van der Waals surface area contributed by atoms with Crippen LogP contribution < -0.4 is 10.6 Å². The highest BCUT2D eigenvalue weighted by atomic mass is 16.4. The minimum atomic E-state index is -1.21. The Morgan fingerprint density at radius 1 is 1.24 bits per heavy atom. The largest absolute Gasteiger partial charge is 0.476 e. The van der Waals surface area contributed by atoms with Crippen molar-refractivity contribution in [3.05, 3.63) is 24.0 Å². The summed E-state index contributed by atoms with van der Waals surface area (Å²) in [5.41, 5.74) is -0.0836. The lowest BCUT2D eigenvalue weighted by molar-refractivity contribution is 0.0691. The van der Waals surface area contributed by atoms with Crippen LogP contribution in [-0.4, -0.2) is 39.3 Å². The van der Waals surface area contributed by atoms with E-state index in [0.29, 0.717) is 12.8 Å². The van der Waals surface area contributed by atoms with E-state index in [4.69, 9.17) is 5.11 Å². The number of amides is 2. The summed E-state index contributed by atoms with van der Waals surface area (Å²) < 4.78 is 0. The summed E-state index contributed by atoms with van der Waals surface area (Å²) in [7, 11) is 0. The van der Waals surface area contributed by atoms with Crippen LogP contribution in [0.3, 0.4) is 0 Å². The monoisotopic (exact) mass is 293 g/mol. The molecule has 0 aliphatic heterocycles. The van der Waals surface area contributed by atoms with Crippen molar-refractivity contribution in [2.75, 3.05) is 5.32 Å². The Hall–Kier alpha value is -2.15. The zero-order valence-electron chi connectivity index (χ0n) is 11.6. The van der Waals surface area contributed by atoms with Gasteiger partial charge in [-0.2, -0.15) is 0 Å². The second-order valence-electron chi connectivity index (χ2n) is 5.12. The first kappa shape index (κ1) is 15.2. The Bertz CT molecular complexity index is 521. The van der Waals surface area contributed by atoms with Gasteiger partial charge in [-0.25, -0.2) is 14.6 Å². The van der Waals surface area contributed by atoms with Gasteiger partial charge >= 0.3 is 12.0 Å². The van der Waals surface area contributed by atoms with E-state index in [1.807, 2.05) is 0 Å². The molecule has 1 aromatic heterocycles. The van der Waals surface area contributed by atoms with E-state index >= 15 is 0 Å². The number of aromatic carboxylic acids is 1. The van der Waals surface area contributed by atoms with E-state index in [9.17, 15) is 14.7 Å². The molecule has 2 rings (SSSR count). The van der Waals surface area contributed by atoms with Crippen LogP contribution in [0.4, 0.5) is 10.5 Å². The number of nitrogens with one attached hydrogen (secondary N) is 2. The third kappa shape index (κ3) is 4.16. The molecule has 1 aliphatic rings. The van der Waals surface area contributed by atoms with Crippen molar-refractivity contribution in [2.45, 2.75) is 44.2 Å². The number of anilines is 1. The standard InChI is InChI=1S/C14H19N3O4/c18-11-7-3-1-2-5-9(11)16-14(21)17-10-6-4-8-15-12(10)13(19)20/h4,6,8-9,11,18H,1-3,5,7H2,(H,19,20)(H2,16,17,21). The maximum atomic E-state index is 12.0. The molecule has 21 heavy (non-hydrogen) atoms. The highest BCUT2D eigenvalue weighted by molar-refractivity contribution is 5.98. The smallest absolute Gasteiger partial charge is 0.356 e. The number of aliphatic hydroxyl groups excluding tert-OH is 1. The molecule has 2 unspecified atom stereocenters. The van der Waals surface area contributed by atoms with Gasteiger partial charge in [0.1, 0.15) is 0 Å². The molecule has 1 heterocycles. The maximum absolute atomic E-state index is 12.0. The van der Waals surface area contributed by atoms with Crippen molar-refractivity contribution in [2.24, 2.45) is 0 Å². The van der Waals surface area contributed by atoms with E-state index in [1.165, 1.54) is 12.3 Å². The lowest BCUT2D eigenvalue weighted by Crippen LogP contribution is -2.44. The number of urea groups is 1. The normalized spacial score (nSPS) is 22.1. The second-order valence-corrected chi connectivity index (χ2v) is 5.12. The van der Waals surface area contributed by atoms with Crippen LogP contribution in [0.15, 0.2) is 18.3 Å². The Morgan fingerprint density at radius 3 is 2.76 bits per heavy atom. The zero-order valence-corrected chi connectivity index (χ0v) is 11.6. The molecule has 4 N–H and O–H groups in total. The summed E-state index contributed by atoms with van der Waals surface area (Å²) in [6.07, 6.45) is 5.11. The molecule has 2 amide bonds. The van der Waals surface area contributed by atoms with Crippen molar-refractivity contribution in [3.63, 3.8) is 0 Å². The van der Waals surface area contributed by atoms with Crippen LogP contribution in [0.1, 0.15) is 42.6 Å². The SMILES string of the molecule is O=C(Nc1cccnc1C(=O)O)NC1CCCCCC1O. The number of carboxylic acid groups (broad SMARTS) is 1. The number of pyridine rings is 1. The summed E-state index contributed by atoms with van der Waals surface area (Å²) in [5.74, 6) is -1.21. The first-order valence-electron chi connectivity index (χ1n) is 7.02. The average molecular weight is 293 g/mol. The second kappa shape index (κ2) is 7.03. The minimum absolute atomic E-state index is 0.130. The highest BCUT2D eigenvalue weighted by Crippen LogP contribution is 2.18. The fraction of sp³-hybridized carbons (Fsp3) is 0.500. The highest BCUT2D eigenvalue weighted by Gasteiger charge is 2.23. The van der Waals surface area contributed by atoms with Gasteiger partial charge in [0.15, 0.2) is 5.69 Å². The van der Waals surface area contributed by atoms with E-state index in [1.54, 1.807) is 6.07 Å². The first-order chi connectivity index (χ1) is 10.1. The Labute approximate surface area is 122 Å². The number of aliphatic hydroxyl groups is 1. The predicted molar refractivity (Wildman–Crippen MR) is 76.2 cm³/mol. The lowest BCUT2D eigenvalue weighted by atomic mass is 10.1. The van der Waals surface area contributed by atoms with Gasteiger partial charge in [-0.05, 0) is 25.0 Å². The van der Waals surface area contributed by atoms with Crippen LogP contribution in [-0.2, 0) is 0 Å². The van der Waals surface area contributed by atoms with Crippen LogP contribution in [0, 0.1) is 0 Å². The summed E-state index contributed by atoms with van der Waals surface area (Å²) in [6.45, 7) is 0. The molecule has 7 heteroatoms. The average Bonchev–Trinajstić information content (AvgIpc) is 2.64. The zero-order chi connectivity index (χ0) is 15.2. The third-order valence-electron chi connectivity index (χ3n) is 3.55. The molecule has 1 fully saturated rings. The summed E-state index contributed by atoms with van der Waals surface area (Å²) in [5, 5.41) is 24.1. The maximum Gasteiger partial charge on any atom is 0.356 e. The van der Waals surface area contributed by atoms with E-state index in [2.05, 4.69) is 15.6 Å². The minimum Gasteiger partial charge on any atom is -0.476 e. The van der Waals surface area contributed by atoms with Crippen LogP contribution in [0.2, 0.25) is 0 Å². The fourth-order valence-electron chi connectivity index (χ4n) is 2.46. The molecule has 0 aromatic carbocycles. The van der Waals surface area contributed by atoms with Crippen LogP contribution in [0.5, 0.6) is 0 Å². The molecule has 7 nitrogen and oxygen atoms in total. The van der Waals surface area contributed by atoms with Crippen LogP contribution in [0.25, 0.3) is 0 Å². The van der Waals surface area contributed by atoms with Crippen molar-refractivity contribution in [1.82, 2.24) is 10.3 Å². The molecule has 114 valence electrons. The van der Waals surface area contributed by atoms with E-state index in [-0.39, 0.29) is 17.4 Å². The number of rotatable bonds is 3. The Kier molecular flexibility index (Phi) is 5.10. The number of hydrogen-bond donors (Lipinski definition) is 4. The van der Waals surface area contributed by atoms with Gasteiger partial charge in [0.2, 0.25) is 0 Å². The molecule has 1 saturated carbocycles. The topological polar surface area (TPSA) is 112 Å². The summed E-state index contributed by atoms with van der Waals surface area (Å²) in [4.78, 5) is 26.7. The number of hydrogen-bond acceptors (Lipinski definition) is 4. The Morgan fingerprint density at radius 2 is 2.00 bits per heavy atom. The fourth-order valence-corrected chi connectivity index (χ4v) is 2.46. The molecule has 2 atom stereocenters. The number of aromatic nitrogens is 1. The molecule has 1 aromatic rings. The molecule has 0 radical (unpaired) electrons. The van der Waals surface area contributed by atoms with Crippen molar-refractivity contribution >= 4 is 17.7 Å². The number of carboxylic acids is 1. The van der Waals surface area contributed by atoms with E-state index in [0.717, 1.165) is 19.3 Å².